The lowest BCUT2D eigenvalue weighted by Gasteiger charge is -2.26. The summed E-state index contributed by atoms with van der Waals surface area (Å²) in [6.45, 7) is 3.53. The molecule has 0 atom stereocenters. The summed E-state index contributed by atoms with van der Waals surface area (Å²) in [5.41, 5.74) is 0.0480. The van der Waals surface area contributed by atoms with E-state index in [0.29, 0.717) is 0 Å². The Morgan fingerprint density at radius 3 is 2.25 bits per heavy atom. The van der Waals surface area contributed by atoms with E-state index < -0.39 is 21.4 Å². The maximum Gasteiger partial charge on any atom is 0.241 e. The zero-order valence-corrected chi connectivity index (χ0v) is 12.1. The van der Waals surface area contributed by atoms with Crippen LogP contribution in [0.3, 0.4) is 0 Å². The third kappa shape index (κ3) is 3.23. The summed E-state index contributed by atoms with van der Waals surface area (Å²) in [6.07, 6.45) is 0. The molecule has 0 aliphatic rings. The van der Waals surface area contributed by atoms with Gasteiger partial charge >= 0.3 is 0 Å². The maximum absolute atomic E-state index is 13.2. The fourth-order valence-corrected chi connectivity index (χ4v) is 3.38. The van der Waals surface area contributed by atoms with Gasteiger partial charge in [0.05, 0.1) is 10.4 Å². The van der Waals surface area contributed by atoms with Crippen molar-refractivity contribution in [2.24, 2.45) is 0 Å². The van der Waals surface area contributed by atoms with Gasteiger partial charge in [-0.1, -0.05) is 36.4 Å². The van der Waals surface area contributed by atoms with Crippen molar-refractivity contribution in [2.75, 3.05) is 0 Å². The highest BCUT2D eigenvalue weighted by atomic mass is 32.2. The molecule has 20 heavy (non-hydrogen) atoms. The average molecular weight is 293 g/mol. The molecule has 1 N–H and O–H groups in total. The van der Waals surface area contributed by atoms with Gasteiger partial charge in [0, 0.05) is 0 Å². The zero-order chi connectivity index (χ0) is 14.8. The van der Waals surface area contributed by atoms with Crippen LogP contribution in [0.2, 0.25) is 0 Å². The van der Waals surface area contributed by atoms with Gasteiger partial charge in [0.25, 0.3) is 0 Å². The minimum absolute atomic E-state index is 0.0819. The topological polar surface area (TPSA) is 46.2 Å². The van der Waals surface area contributed by atoms with Crippen LogP contribution >= 0.6 is 0 Å². The van der Waals surface area contributed by atoms with Crippen LogP contribution < -0.4 is 4.72 Å². The first kappa shape index (κ1) is 14.7. The van der Waals surface area contributed by atoms with E-state index in [1.54, 1.807) is 13.8 Å². The summed E-state index contributed by atoms with van der Waals surface area (Å²) in [6, 6.07) is 14.2. The van der Waals surface area contributed by atoms with Crippen LogP contribution in [-0.4, -0.2) is 8.42 Å². The van der Waals surface area contributed by atoms with E-state index in [1.165, 1.54) is 18.2 Å². The lowest BCUT2D eigenvalue weighted by Crippen LogP contribution is -2.40. The predicted molar refractivity (Wildman–Crippen MR) is 76.2 cm³/mol. The van der Waals surface area contributed by atoms with Crippen LogP contribution in [0.15, 0.2) is 59.5 Å². The highest BCUT2D eigenvalue weighted by molar-refractivity contribution is 7.89. The van der Waals surface area contributed by atoms with Crippen molar-refractivity contribution in [3.8, 4) is 0 Å². The summed E-state index contributed by atoms with van der Waals surface area (Å²) in [4.78, 5) is -0.0819. The molecular weight excluding hydrogens is 277 g/mol. The Hall–Kier alpha value is -1.72. The molecule has 0 heterocycles. The van der Waals surface area contributed by atoms with Crippen molar-refractivity contribution < 1.29 is 12.8 Å². The fraction of sp³-hybridized carbons (Fsp3) is 0.200. The highest BCUT2D eigenvalue weighted by Gasteiger charge is 2.27. The predicted octanol–water partition coefficient (Wildman–Crippen LogP) is 3.04. The van der Waals surface area contributed by atoms with Gasteiger partial charge in [-0.05, 0) is 37.6 Å². The van der Waals surface area contributed by atoms with Crippen LogP contribution in [0.25, 0.3) is 0 Å². The highest BCUT2D eigenvalue weighted by Crippen LogP contribution is 2.23. The number of halogens is 1. The second-order valence-corrected chi connectivity index (χ2v) is 6.74. The number of rotatable bonds is 4. The van der Waals surface area contributed by atoms with Crippen molar-refractivity contribution in [3.05, 3.63) is 66.0 Å². The molecule has 0 aliphatic heterocycles. The van der Waals surface area contributed by atoms with Crippen molar-refractivity contribution in [2.45, 2.75) is 24.3 Å². The summed E-state index contributed by atoms with van der Waals surface area (Å²) in [5, 5.41) is 0. The molecule has 2 aromatic rings. The fourth-order valence-electron chi connectivity index (χ4n) is 1.94. The molecule has 0 radical (unpaired) electrons. The third-order valence-corrected chi connectivity index (χ3v) is 4.64. The molecule has 0 aliphatic carbocycles. The molecule has 0 unspecified atom stereocenters. The molecule has 0 saturated heterocycles. The summed E-state index contributed by atoms with van der Waals surface area (Å²) in [7, 11) is -3.78. The first-order valence-corrected chi connectivity index (χ1v) is 7.65. The Morgan fingerprint density at radius 2 is 1.65 bits per heavy atom. The van der Waals surface area contributed by atoms with E-state index in [1.807, 2.05) is 30.3 Å². The Labute approximate surface area is 118 Å². The quantitative estimate of drug-likeness (QED) is 0.941. The van der Waals surface area contributed by atoms with E-state index >= 15 is 0 Å². The van der Waals surface area contributed by atoms with Gasteiger partial charge in [0.2, 0.25) is 10.0 Å². The molecular formula is C15H16FNO2S. The molecule has 106 valence electrons. The van der Waals surface area contributed by atoms with Crippen LogP contribution in [0.5, 0.6) is 0 Å². The molecule has 2 rings (SSSR count). The maximum atomic E-state index is 13.2. The molecule has 0 aromatic heterocycles. The number of benzene rings is 2. The third-order valence-electron chi connectivity index (χ3n) is 2.99. The Bertz CT molecular complexity index is 697. The number of sulfonamides is 1. The van der Waals surface area contributed by atoms with Gasteiger partial charge in [-0.15, -0.1) is 0 Å². The molecule has 0 bridgehead atoms. The molecule has 2 aromatic carbocycles. The van der Waals surface area contributed by atoms with Gasteiger partial charge < -0.3 is 0 Å². The Morgan fingerprint density at radius 1 is 1.00 bits per heavy atom. The van der Waals surface area contributed by atoms with E-state index in [4.69, 9.17) is 0 Å². The second kappa shape index (κ2) is 5.34. The molecule has 3 nitrogen and oxygen atoms in total. The minimum atomic E-state index is -3.78. The van der Waals surface area contributed by atoms with Gasteiger partial charge in [-0.2, -0.15) is 0 Å². The van der Waals surface area contributed by atoms with Crippen LogP contribution in [0.4, 0.5) is 4.39 Å². The van der Waals surface area contributed by atoms with Gasteiger partial charge in [0.1, 0.15) is 5.82 Å². The smallest absolute Gasteiger partial charge is 0.207 e. The zero-order valence-electron chi connectivity index (χ0n) is 11.3. The summed E-state index contributed by atoms with van der Waals surface area (Å²) in [5.74, 6) is -0.578. The Balaban J connectivity index is 2.33. The number of hydrogen-bond donors (Lipinski definition) is 1. The first-order chi connectivity index (χ1) is 9.31. The van der Waals surface area contributed by atoms with Crippen molar-refractivity contribution in [1.29, 1.82) is 0 Å². The van der Waals surface area contributed by atoms with Gasteiger partial charge in [0.15, 0.2) is 0 Å². The summed E-state index contributed by atoms with van der Waals surface area (Å²) >= 11 is 0. The SMILES string of the molecule is CC(C)(NS(=O)(=O)c1cccc(F)c1)c1ccccc1. The average Bonchev–Trinajstić information content (AvgIpc) is 2.39. The van der Waals surface area contributed by atoms with E-state index in [9.17, 15) is 12.8 Å². The monoisotopic (exact) mass is 293 g/mol. The van der Waals surface area contributed by atoms with Crippen LogP contribution in [-0.2, 0) is 15.6 Å². The first-order valence-electron chi connectivity index (χ1n) is 6.16. The second-order valence-electron chi connectivity index (χ2n) is 5.05. The van der Waals surface area contributed by atoms with Crippen LogP contribution in [0, 0.1) is 5.82 Å². The molecule has 0 amide bonds. The van der Waals surface area contributed by atoms with Gasteiger partial charge in [-0.3, -0.25) is 0 Å². The standard InChI is InChI=1S/C15H16FNO2S/c1-15(2,12-7-4-3-5-8-12)17-20(18,19)14-10-6-9-13(16)11-14/h3-11,17H,1-2H3. The number of nitrogens with one attached hydrogen (secondary N) is 1. The van der Waals surface area contributed by atoms with Crippen molar-refractivity contribution in [3.63, 3.8) is 0 Å². The van der Waals surface area contributed by atoms with Crippen molar-refractivity contribution in [1.82, 2.24) is 4.72 Å². The largest absolute Gasteiger partial charge is 0.241 e. The lowest BCUT2D eigenvalue weighted by atomic mass is 9.96. The van der Waals surface area contributed by atoms with Crippen molar-refractivity contribution >= 4 is 10.0 Å². The molecule has 5 heteroatoms. The number of hydrogen-bond acceptors (Lipinski definition) is 2. The normalized spacial score (nSPS) is 12.3. The van der Waals surface area contributed by atoms with E-state index in [0.717, 1.165) is 11.6 Å². The molecule has 0 fully saturated rings. The van der Waals surface area contributed by atoms with E-state index in [2.05, 4.69) is 4.72 Å². The van der Waals surface area contributed by atoms with E-state index in [-0.39, 0.29) is 4.90 Å². The minimum Gasteiger partial charge on any atom is -0.207 e. The summed E-state index contributed by atoms with van der Waals surface area (Å²) < 4.78 is 40.4. The van der Waals surface area contributed by atoms with Crippen LogP contribution in [0.1, 0.15) is 19.4 Å². The van der Waals surface area contributed by atoms with Gasteiger partial charge in [-0.25, -0.2) is 17.5 Å². The molecule has 0 spiro atoms. The lowest BCUT2D eigenvalue weighted by molar-refractivity contribution is 0.471. The molecule has 0 saturated carbocycles. The Kier molecular flexibility index (Phi) is 3.92.